The van der Waals surface area contributed by atoms with Crippen LogP contribution in [0.3, 0.4) is 0 Å². The number of Topliss-reactive ketones (excluding diaryl/α,β-unsaturated/α-hetero) is 1. The van der Waals surface area contributed by atoms with Crippen molar-refractivity contribution in [3.05, 3.63) is 66.0 Å². The van der Waals surface area contributed by atoms with E-state index in [0.717, 1.165) is 5.57 Å². The standard InChI is InChI=1S/C26H22N8O3/c1-37-20-13-33-23(19-12-31-21(28)14-30-19)24-22(20)17(11-32-24)25(35)26(36)34-8-5-15(6-9-34)16(10-27)18-4-2-3-7-29-18/h2-4,7,11-14,32H,5-6,8-9H2,1H3,(H2,28,31). The van der Waals surface area contributed by atoms with Gasteiger partial charge in [0, 0.05) is 25.5 Å². The lowest BCUT2D eigenvalue weighted by atomic mass is 9.95. The average molecular weight is 495 g/mol. The molecule has 11 heteroatoms. The number of rotatable bonds is 5. The van der Waals surface area contributed by atoms with Crippen molar-refractivity contribution < 1.29 is 14.3 Å². The van der Waals surface area contributed by atoms with Crippen molar-refractivity contribution in [2.45, 2.75) is 12.8 Å². The minimum atomic E-state index is -0.664. The first-order valence-electron chi connectivity index (χ1n) is 11.5. The Morgan fingerprint density at radius 1 is 1.11 bits per heavy atom. The van der Waals surface area contributed by atoms with Crippen molar-refractivity contribution in [1.29, 1.82) is 5.26 Å². The number of hydrogen-bond donors (Lipinski definition) is 2. The van der Waals surface area contributed by atoms with Crippen LogP contribution in [0.1, 0.15) is 28.9 Å². The minimum Gasteiger partial charge on any atom is -0.494 e. The summed E-state index contributed by atoms with van der Waals surface area (Å²) in [6.45, 7) is 0.649. The maximum absolute atomic E-state index is 13.4. The van der Waals surface area contributed by atoms with Crippen LogP contribution in [0.2, 0.25) is 0 Å². The number of H-pyrrole nitrogens is 1. The van der Waals surface area contributed by atoms with Gasteiger partial charge in [0.15, 0.2) is 0 Å². The molecule has 0 aliphatic carbocycles. The van der Waals surface area contributed by atoms with E-state index < -0.39 is 11.7 Å². The van der Waals surface area contributed by atoms with Crippen molar-refractivity contribution in [2.24, 2.45) is 0 Å². The fourth-order valence-electron chi connectivity index (χ4n) is 4.42. The zero-order valence-electron chi connectivity index (χ0n) is 19.9. The predicted octanol–water partition coefficient (Wildman–Crippen LogP) is 2.79. The number of likely N-dealkylation sites (tertiary alicyclic amines) is 1. The van der Waals surface area contributed by atoms with E-state index in [1.54, 1.807) is 18.3 Å². The SMILES string of the molecule is COc1cnc(-c2cnc(N)cn2)c2[nH]cc(C(=O)C(=O)N3CCC(=C(C#N)c4ccccn4)CC3)c12. The van der Waals surface area contributed by atoms with E-state index in [0.29, 0.717) is 65.2 Å². The van der Waals surface area contributed by atoms with E-state index in [1.165, 1.54) is 36.8 Å². The maximum Gasteiger partial charge on any atom is 0.295 e. The lowest BCUT2D eigenvalue weighted by molar-refractivity contribution is -0.126. The van der Waals surface area contributed by atoms with E-state index in [9.17, 15) is 14.9 Å². The molecule has 1 fully saturated rings. The Labute approximate surface area is 211 Å². The normalized spacial score (nSPS) is 13.3. The van der Waals surface area contributed by atoms with Gasteiger partial charge in [-0.05, 0) is 30.5 Å². The van der Waals surface area contributed by atoms with Crippen LogP contribution in [-0.4, -0.2) is 61.7 Å². The summed E-state index contributed by atoms with van der Waals surface area (Å²) in [5, 5.41) is 10.1. The lowest BCUT2D eigenvalue weighted by Crippen LogP contribution is -2.40. The number of nitrogens with one attached hydrogen (secondary N) is 1. The number of nitrogens with two attached hydrogens (primary N) is 1. The first-order chi connectivity index (χ1) is 18.0. The van der Waals surface area contributed by atoms with Gasteiger partial charge in [-0.15, -0.1) is 0 Å². The lowest BCUT2D eigenvalue weighted by Gasteiger charge is -2.28. The monoisotopic (exact) mass is 494 g/mol. The smallest absolute Gasteiger partial charge is 0.295 e. The van der Waals surface area contributed by atoms with Gasteiger partial charge in [0.05, 0.1) is 53.4 Å². The molecular formula is C26H22N8O3. The Morgan fingerprint density at radius 2 is 1.92 bits per heavy atom. The van der Waals surface area contributed by atoms with Crippen LogP contribution in [0.4, 0.5) is 5.82 Å². The van der Waals surface area contributed by atoms with Crippen molar-refractivity contribution >= 4 is 34.0 Å². The number of piperidine rings is 1. The van der Waals surface area contributed by atoms with Crippen molar-refractivity contribution in [3.8, 4) is 23.2 Å². The fourth-order valence-corrected chi connectivity index (χ4v) is 4.42. The molecule has 0 aromatic carbocycles. The van der Waals surface area contributed by atoms with Gasteiger partial charge in [0.1, 0.15) is 29.0 Å². The summed E-state index contributed by atoms with van der Waals surface area (Å²) in [5.41, 5.74) is 9.26. The molecule has 11 nitrogen and oxygen atoms in total. The van der Waals surface area contributed by atoms with Gasteiger partial charge in [-0.25, -0.2) is 15.0 Å². The number of nitrogens with zero attached hydrogens (tertiary/aromatic N) is 6. The number of anilines is 1. The molecule has 0 unspecified atom stereocenters. The highest BCUT2D eigenvalue weighted by Gasteiger charge is 2.30. The Balaban J connectivity index is 1.42. The second-order valence-corrected chi connectivity index (χ2v) is 8.38. The van der Waals surface area contributed by atoms with Crippen LogP contribution in [0.5, 0.6) is 5.75 Å². The topological polar surface area (TPSA) is 164 Å². The molecule has 0 saturated carbocycles. The number of methoxy groups -OCH3 is 1. The largest absolute Gasteiger partial charge is 0.494 e. The number of fused-ring (bicyclic) bond motifs is 1. The van der Waals surface area contributed by atoms with Crippen LogP contribution in [-0.2, 0) is 4.79 Å². The molecule has 0 radical (unpaired) electrons. The Hall–Kier alpha value is -5.11. The number of hydrogen-bond acceptors (Lipinski definition) is 9. The summed E-state index contributed by atoms with van der Waals surface area (Å²) in [5.74, 6) is -0.674. The third-order valence-corrected chi connectivity index (χ3v) is 6.29. The van der Waals surface area contributed by atoms with E-state index in [4.69, 9.17) is 10.5 Å². The first kappa shape index (κ1) is 23.6. The quantitative estimate of drug-likeness (QED) is 0.241. The third-order valence-electron chi connectivity index (χ3n) is 6.29. The van der Waals surface area contributed by atoms with Gasteiger partial charge in [-0.1, -0.05) is 6.07 Å². The predicted molar refractivity (Wildman–Crippen MR) is 135 cm³/mol. The molecule has 184 valence electrons. The minimum absolute atomic E-state index is 0.177. The van der Waals surface area contributed by atoms with Gasteiger partial charge < -0.3 is 20.4 Å². The average Bonchev–Trinajstić information content (AvgIpc) is 3.39. The van der Waals surface area contributed by atoms with Crippen molar-refractivity contribution in [3.63, 3.8) is 0 Å². The summed E-state index contributed by atoms with van der Waals surface area (Å²) in [6.07, 6.45) is 8.46. The summed E-state index contributed by atoms with van der Waals surface area (Å²) in [6, 6.07) is 7.64. The van der Waals surface area contributed by atoms with Gasteiger partial charge in [0.2, 0.25) is 0 Å². The van der Waals surface area contributed by atoms with Gasteiger partial charge in [-0.2, -0.15) is 5.26 Å². The number of ketones is 1. The summed E-state index contributed by atoms with van der Waals surface area (Å²) < 4.78 is 5.45. The van der Waals surface area contributed by atoms with Crippen LogP contribution < -0.4 is 10.5 Å². The second kappa shape index (κ2) is 9.87. The number of carbonyl (C=O) groups excluding carboxylic acids is 2. The summed E-state index contributed by atoms with van der Waals surface area (Å²) >= 11 is 0. The van der Waals surface area contributed by atoms with E-state index in [2.05, 4.69) is 31.0 Å². The molecule has 0 atom stereocenters. The van der Waals surface area contributed by atoms with Gasteiger partial charge >= 0.3 is 0 Å². The molecule has 5 heterocycles. The van der Waals surface area contributed by atoms with E-state index >= 15 is 0 Å². The molecule has 1 aliphatic rings. The number of pyridine rings is 2. The summed E-state index contributed by atoms with van der Waals surface area (Å²) in [4.78, 5) is 48.1. The fraction of sp³-hybridized carbons (Fsp3) is 0.192. The molecule has 1 saturated heterocycles. The molecule has 0 bridgehead atoms. The number of aromatic nitrogens is 5. The number of amides is 1. The van der Waals surface area contributed by atoms with Gasteiger partial charge in [0.25, 0.3) is 11.7 Å². The highest BCUT2D eigenvalue weighted by atomic mass is 16.5. The molecule has 37 heavy (non-hydrogen) atoms. The molecule has 1 amide bonds. The number of aromatic amines is 1. The maximum atomic E-state index is 13.4. The number of ether oxygens (including phenoxy) is 1. The van der Waals surface area contributed by atoms with Crippen LogP contribution in [0, 0.1) is 11.3 Å². The highest BCUT2D eigenvalue weighted by molar-refractivity contribution is 6.45. The third kappa shape index (κ3) is 4.36. The van der Waals surface area contributed by atoms with Gasteiger partial charge in [-0.3, -0.25) is 14.6 Å². The van der Waals surface area contributed by atoms with E-state index in [-0.39, 0.29) is 11.4 Å². The molecule has 4 aromatic rings. The summed E-state index contributed by atoms with van der Waals surface area (Å²) in [7, 11) is 1.47. The first-order valence-corrected chi connectivity index (χ1v) is 11.5. The number of carbonyl (C=O) groups is 2. The number of nitrogen functional groups attached to an aromatic ring is 1. The Bertz CT molecular complexity index is 1560. The zero-order valence-corrected chi connectivity index (χ0v) is 19.9. The molecular weight excluding hydrogens is 472 g/mol. The molecule has 0 spiro atoms. The Morgan fingerprint density at radius 3 is 2.57 bits per heavy atom. The Kier molecular flexibility index (Phi) is 6.30. The number of nitriles is 1. The van der Waals surface area contributed by atoms with Crippen molar-refractivity contribution in [1.82, 2.24) is 29.8 Å². The van der Waals surface area contributed by atoms with Crippen molar-refractivity contribution in [2.75, 3.05) is 25.9 Å². The molecule has 1 aliphatic heterocycles. The molecule has 4 aromatic heterocycles. The van der Waals surface area contributed by atoms with Crippen LogP contribution in [0.15, 0.2) is 54.8 Å². The second-order valence-electron chi connectivity index (χ2n) is 8.38. The molecule has 5 rings (SSSR count). The highest BCUT2D eigenvalue weighted by Crippen LogP contribution is 2.34. The number of allylic oxidation sites excluding steroid dienone is 1. The molecule has 3 N–H and O–H groups in total. The van der Waals surface area contributed by atoms with E-state index in [1.807, 2.05) is 6.07 Å². The van der Waals surface area contributed by atoms with Crippen LogP contribution in [0.25, 0.3) is 27.9 Å². The zero-order chi connectivity index (χ0) is 25.9. The van der Waals surface area contributed by atoms with Crippen LogP contribution >= 0.6 is 0 Å².